The molecule has 0 aromatic heterocycles. The Morgan fingerprint density at radius 1 is 0.857 bits per heavy atom. The molecule has 2 nitrogen and oxygen atoms in total. The van der Waals surface area contributed by atoms with Crippen molar-refractivity contribution in [1.29, 1.82) is 0 Å². The summed E-state index contributed by atoms with van der Waals surface area (Å²) in [4.78, 5) is 0. The molecule has 3 aromatic carbocycles. The van der Waals surface area contributed by atoms with Crippen molar-refractivity contribution in [3.63, 3.8) is 0 Å². The molecule has 0 aliphatic rings. The van der Waals surface area contributed by atoms with Gasteiger partial charge >= 0.3 is 6.18 Å². The largest absolute Gasteiger partial charge is 0.496 e. The first-order chi connectivity index (χ1) is 13.5. The van der Waals surface area contributed by atoms with Crippen LogP contribution in [0.25, 0.3) is 11.1 Å². The van der Waals surface area contributed by atoms with Gasteiger partial charge in [-0.15, -0.1) is 0 Å². The van der Waals surface area contributed by atoms with E-state index in [1.807, 2.05) is 36.4 Å². The standard InChI is InChI=1S/C23H22F3NO/c1-28-22-12-7-18(16-27-14-13-17-5-3-2-4-6-17)15-21(22)19-8-10-20(11-9-19)23(24,25)26/h2-12,15,27H,13-14,16H2,1H3. The third-order valence-electron chi connectivity index (χ3n) is 4.55. The van der Waals surface area contributed by atoms with E-state index in [1.54, 1.807) is 7.11 Å². The highest BCUT2D eigenvalue weighted by molar-refractivity contribution is 5.71. The number of hydrogen-bond acceptors (Lipinski definition) is 2. The van der Waals surface area contributed by atoms with Crippen molar-refractivity contribution >= 4 is 0 Å². The van der Waals surface area contributed by atoms with Gasteiger partial charge < -0.3 is 10.1 Å². The van der Waals surface area contributed by atoms with E-state index in [0.717, 1.165) is 36.2 Å². The van der Waals surface area contributed by atoms with Crippen LogP contribution in [0.5, 0.6) is 5.75 Å². The summed E-state index contributed by atoms with van der Waals surface area (Å²) in [5.41, 5.74) is 3.13. The molecule has 0 saturated heterocycles. The first-order valence-corrected chi connectivity index (χ1v) is 9.06. The van der Waals surface area contributed by atoms with Crippen molar-refractivity contribution in [2.24, 2.45) is 0 Å². The quantitative estimate of drug-likeness (QED) is 0.526. The molecule has 0 heterocycles. The van der Waals surface area contributed by atoms with Crippen LogP contribution < -0.4 is 10.1 Å². The molecule has 5 heteroatoms. The fraction of sp³-hybridized carbons (Fsp3) is 0.217. The Bertz CT molecular complexity index is 890. The summed E-state index contributed by atoms with van der Waals surface area (Å²) in [5.74, 6) is 0.632. The van der Waals surface area contributed by atoms with E-state index >= 15 is 0 Å². The van der Waals surface area contributed by atoms with Crippen LogP contribution in [0, 0.1) is 0 Å². The molecule has 0 saturated carbocycles. The maximum atomic E-state index is 12.8. The van der Waals surface area contributed by atoms with Gasteiger partial charge in [0.25, 0.3) is 0 Å². The van der Waals surface area contributed by atoms with E-state index in [4.69, 9.17) is 4.74 Å². The minimum Gasteiger partial charge on any atom is -0.496 e. The summed E-state index contributed by atoms with van der Waals surface area (Å²) in [7, 11) is 1.56. The van der Waals surface area contributed by atoms with Crippen LogP contribution in [0.3, 0.4) is 0 Å². The molecular weight excluding hydrogens is 363 g/mol. The van der Waals surface area contributed by atoms with E-state index in [-0.39, 0.29) is 0 Å². The number of rotatable bonds is 7. The topological polar surface area (TPSA) is 21.3 Å². The molecule has 3 aromatic rings. The molecule has 0 radical (unpaired) electrons. The molecule has 0 aliphatic carbocycles. The maximum Gasteiger partial charge on any atom is 0.416 e. The Kier molecular flexibility index (Phi) is 6.37. The van der Waals surface area contributed by atoms with Gasteiger partial charge in [0, 0.05) is 12.1 Å². The van der Waals surface area contributed by atoms with Crippen LogP contribution in [-0.2, 0) is 19.1 Å². The first kappa shape index (κ1) is 20.0. The van der Waals surface area contributed by atoms with E-state index < -0.39 is 11.7 Å². The summed E-state index contributed by atoms with van der Waals surface area (Å²) in [6.45, 7) is 1.51. The van der Waals surface area contributed by atoms with Gasteiger partial charge in [-0.25, -0.2) is 0 Å². The SMILES string of the molecule is COc1ccc(CNCCc2ccccc2)cc1-c1ccc(C(F)(F)F)cc1. The molecule has 0 fully saturated rings. The Hall–Kier alpha value is -2.79. The summed E-state index contributed by atoms with van der Waals surface area (Å²) in [6.07, 6.45) is -3.41. The van der Waals surface area contributed by atoms with Crippen molar-refractivity contribution in [3.05, 3.63) is 89.5 Å². The summed E-state index contributed by atoms with van der Waals surface area (Å²) >= 11 is 0. The predicted octanol–water partition coefficient (Wildman–Crippen LogP) is 5.71. The number of alkyl halides is 3. The van der Waals surface area contributed by atoms with Crippen LogP contribution in [0.4, 0.5) is 13.2 Å². The first-order valence-electron chi connectivity index (χ1n) is 9.06. The molecule has 1 N–H and O–H groups in total. The smallest absolute Gasteiger partial charge is 0.416 e. The van der Waals surface area contributed by atoms with Gasteiger partial charge in [0.2, 0.25) is 0 Å². The maximum absolute atomic E-state index is 12.8. The molecule has 0 aliphatic heterocycles. The highest BCUT2D eigenvalue weighted by atomic mass is 19.4. The number of halogens is 3. The molecule has 0 amide bonds. The van der Waals surface area contributed by atoms with Crippen LogP contribution in [0.2, 0.25) is 0 Å². The number of benzene rings is 3. The second-order valence-corrected chi connectivity index (χ2v) is 6.52. The van der Waals surface area contributed by atoms with Gasteiger partial charge in [0.1, 0.15) is 5.75 Å². The lowest BCUT2D eigenvalue weighted by molar-refractivity contribution is -0.137. The zero-order chi connectivity index (χ0) is 20.0. The third-order valence-corrected chi connectivity index (χ3v) is 4.55. The number of methoxy groups -OCH3 is 1. The van der Waals surface area contributed by atoms with Gasteiger partial charge in [-0.3, -0.25) is 0 Å². The van der Waals surface area contributed by atoms with Crippen LogP contribution in [0.1, 0.15) is 16.7 Å². The summed E-state index contributed by atoms with van der Waals surface area (Å²) in [6, 6.07) is 21.1. The highest BCUT2D eigenvalue weighted by Crippen LogP contribution is 2.34. The third kappa shape index (κ3) is 5.14. The highest BCUT2D eigenvalue weighted by Gasteiger charge is 2.30. The monoisotopic (exact) mass is 385 g/mol. The average Bonchev–Trinajstić information content (AvgIpc) is 2.71. The van der Waals surface area contributed by atoms with Crippen LogP contribution in [-0.4, -0.2) is 13.7 Å². The number of hydrogen-bond donors (Lipinski definition) is 1. The molecular formula is C23H22F3NO. The second kappa shape index (κ2) is 8.93. The lowest BCUT2D eigenvalue weighted by Crippen LogP contribution is -2.16. The predicted molar refractivity (Wildman–Crippen MR) is 105 cm³/mol. The normalized spacial score (nSPS) is 11.4. The van der Waals surface area contributed by atoms with Gasteiger partial charge in [0.15, 0.2) is 0 Å². The zero-order valence-electron chi connectivity index (χ0n) is 15.6. The lowest BCUT2D eigenvalue weighted by Gasteiger charge is -2.13. The fourth-order valence-electron chi connectivity index (χ4n) is 3.04. The Morgan fingerprint density at radius 2 is 1.57 bits per heavy atom. The molecule has 0 bridgehead atoms. The molecule has 0 unspecified atom stereocenters. The molecule has 28 heavy (non-hydrogen) atoms. The van der Waals surface area contributed by atoms with Crippen molar-refractivity contribution in [2.45, 2.75) is 19.1 Å². The fourth-order valence-corrected chi connectivity index (χ4v) is 3.04. The molecule has 3 rings (SSSR count). The zero-order valence-corrected chi connectivity index (χ0v) is 15.6. The minimum atomic E-state index is -4.34. The van der Waals surface area contributed by atoms with E-state index in [2.05, 4.69) is 17.4 Å². The van der Waals surface area contributed by atoms with Crippen molar-refractivity contribution in [1.82, 2.24) is 5.32 Å². The van der Waals surface area contributed by atoms with Gasteiger partial charge in [0.05, 0.1) is 12.7 Å². The second-order valence-electron chi connectivity index (χ2n) is 6.52. The van der Waals surface area contributed by atoms with Gasteiger partial charge in [-0.1, -0.05) is 48.5 Å². The van der Waals surface area contributed by atoms with Gasteiger partial charge in [-0.2, -0.15) is 13.2 Å². The number of ether oxygens (including phenoxy) is 1. The molecule has 146 valence electrons. The Balaban J connectivity index is 1.69. The van der Waals surface area contributed by atoms with Crippen molar-refractivity contribution in [3.8, 4) is 16.9 Å². The van der Waals surface area contributed by atoms with Gasteiger partial charge in [-0.05, 0) is 53.9 Å². The van der Waals surface area contributed by atoms with E-state index in [9.17, 15) is 13.2 Å². The van der Waals surface area contributed by atoms with E-state index in [1.165, 1.54) is 17.7 Å². The Labute approximate surface area is 163 Å². The van der Waals surface area contributed by atoms with Crippen LogP contribution in [0.15, 0.2) is 72.8 Å². The molecule has 0 atom stereocenters. The van der Waals surface area contributed by atoms with Crippen molar-refractivity contribution in [2.75, 3.05) is 13.7 Å². The Morgan fingerprint density at radius 3 is 2.21 bits per heavy atom. The number of nitrogens with one attached hydrogen (secondary N) is 1. The minimum absolute atomic E-state index is 0.632. The van der Waals surface area contributed by atoms with Crippen molar-refractivity contribution < 1.29 is 17.9 Å². The summed E-state index contributed by atoms with van der Waals surface area (Å²) < 4.78 is 43.8. The molecule has 0 spiro atoms. The van der Waals surface area contributed by atoms with Crippen LogP contribution >= 0.6 is 0 Å². The average molecular weight is 385 g/mol. The summed E-state index contributed by atoms with van der Waals surface area (Å²) in [5, 5.41) is 3.41. The van der Waals surface area contributed by atoms with E-state index in [0.29, 0.717) is 17.9 Å². The lowest BCUT2D eigenvalue weighted by atomic mass is 10.0.